The standard InChI is InChI=1S/C33H31N/c1-5-14-27(15-6-1)24-25-33(28-16-7-2-8-17-28)29-18-13-23-32(26-29)34(30-19-9-3-10-20-30)31-21-11-4-12-22-31/h1-3,5-11,13-23,26,33H,4,12,24-25H2. The minimum atomic E-state index is 0.342. The van der Waals surface area contributed by atoms with Crippen molar-refractivity contribution in [1.82, 2.24) is 0 Å². The predicted octanol–water partition coefficient (Wildman–Crippen LogP) is 8.82. The lowest BCUT2D eigenvalue weighted by Gasteiger charge is -2.29. The molecule has 0 saturated heterocycles. The molecular formula is C33H31N. The molecule has 0 aliphatic heterocycles. The van der Waals surface area contributed by atoms with Gasteiger partial charge in [0, 0.05) is 23.0 Å². The zero-order chi connectivity index (χ0) is 23.0. The Bertz CT molecular complexity index is 1240. The van der Waals surface area contributed by atoms with Crippen LogP contribution in [0.1, 0.15) is 41.9 Å². The van der Waals surface area contributed by atoms with Gasteiger partial charge in [-0.2, -0.15) is 0 Å². The van der Waals surface area contributed by atoms with Crippen molar-refractivity contribution in [3.8, 4) is 0 Å². The van der Waals surface area contributed by atoms with Crippen molar-refractivity contribution in [2.75, 3.05) is 4.90 Å². The minimum absolute atomic E-state index is 0.342. The summed E-state index contributed by atoms with van der Waals surface area (Å²) in [7, 11) is 0. The summed E-state index contributed by atoms with van der Waals surface area (Å²) in [6.07, 6.45) is 11.2. The summed E-state index contributed by atoms with van der Waals surface area (Å²) in [6, 6.07) is 41.6. The fourth-order valence-corrected chi connectivity index (χ4v) is 4.84. The first-order chi connectivity index (χ1) is 16.9. The fraction of sp³-hybridized carbons (Fsp3) is 0.152. The number of nitrogens with zero attached hydrogens (tertiary/aromatic N) is 1. The highest BCUT2D eigenvalue weighted by atomic mass is 15.1. The first-order valence-corrected chi connectivity index (χ1v) is 12.3. The second-order valence-electron chi connectivity index (χ2n) is 8.86. The molecule has 0 fully saturated rings. The molecule has 0 bridgehead atoms. The molecule has 0 N–H and O–H groups in total. The lowest BCUT2D eigenvalue weighted by atomic mass is 9.86. The first kappa shape index (κ1) is 22.0. The second kappa shape index (κ2) is 10.9. The van der Waals surface area contributed by atoms with Crippen LogP contribution in [0, 0.1) is 0 Å². The van der Waals surface area contributed by atoms with Crippen molar-refractivity contribution >= 4 is 11.4 Å². The lowest BCUT2D eigenvalue weighted by Crippen LogP contribution is -2.16. The molecule has 168 valence electrons. The molecule has 1 nitrogen and oxygen atoms in total. The Morgan fingerprint density at radius 3 is 1.97 bits per heavy atom. The van der Waals surface area contributed by atoms with Crippen LogP contribution in [-0.2, 0) is 6.42 Å². The van der Waals surface area contributed by atoms with E-state index in [1.165, 1.54) is 33.8 Å². The summed E-state index contributed by atoms with van der Waals surface area (Å²) in [5.41, 5.74) is 7.78. The number of para-hydroxylation sites is 1. The Morgan fingerprint density at radius 1 is 0.618 bits per heavy atom. The number of anilines is 2. The zero-order valence-electron chi connectivity index (χ0n) is 19.6. The van der Waals surface area contributed by atoms with E-state index in [-0.39, 0.29) is 0 Å². The summed E-state index contributed by atoms with van der Waals surface area (Å²) < 4.78 is 0. The molecule has 34 heavy (non-hydrogen) atoms. The number of benzene rings is 4. The summed E-state index contributed by atoms with van der Waals surface area (Å²) >= 11 is 0. The summed E-state index contributed by atoms with van der Waals surface area (Å²) in [5.74, 6) is 0.342. The summed E-state index contributed by atoms with van der Waals surface area (Å²) in [4.78, 5) is 2.39. The molecule has 1 heteroatoms. The van der Waals surface area contributed by atoms with E-state index in [0.29, 0.717) is 5.92 Å². The van der Waals surface area contributed by atoms with E-state index in [2.05, 4.69) is 138 Å². The molecule has 5 rings (SSSR count). The molecule has 0 aromatic heterocycles. The number of hydrogen-bond acceptors (Lipinski definition) is 1. The molecule has 1 aliphatic carbocycles. The molecule has 1 atom stereocenters. The molecule has 0 saturated carbocycles. The predicted molar refractivity (Wildman–Crippen MR) is 145 cm³/mol. The van der Waals surface area contributed by atoms with E-state index < -0.39 is 0 Å². The molecule has 0 radical (unpaired) electrons. The van der Waals surface area contributed by atoms with Gasteiger partial charge < -0.3 is 4.90 Å². The van der Waals surface area contributed by atoms with Crippen molar-refractivity contribution in [1.29, 1.82) is 0 Å². The third-order valence-electron chi connectivity index (χ3n) is 6.55. The van der Waals surface area contributed by atoms with Gasteiger partial charge in [0.1, 0.15) is 0 Å². The smallest absolute Gasteiger partial charge is 0.0464 e. The highest BCUT2D eigenvalue weighted by Crippen LogP contribution is 2.36. The van der Waals surface area contributed by atoms with Crippen molar-refractivity contribution in [2.24, 2.45) is 0 Å². The topological polar surface area (TPSA) is 3.24 Å². The van der Waals surface area contributed by atoms with Crippen LogP contribution in [-0.4, -0.2) is 0 Å². The van der Waals surface area contributed by atoms with E-state index in [4.69, 9.17) is 0 Å². The average molecular weight is 442 g/mol. The number of allylic oxidation sites excluding steroid dienone is 3. The van der Waals surface area contributed by atoms with Gasteiger partial charge in [-0.15, -0.1) is 0 Å². The monoisotopic (exact) mass is 441 g/mol. The van der Waals surface area contributed by atoms with E-state index in [1.807, 2.05) is 0 Å². The van der Waals surface area contributed by atoms with Crippen LogP contribution in [0.15, 0.2) is 139 Å². The Hall–Kier alpha value is -3.84. The van der Waals surface area contributed by atoms with Gasteiger partial charge in [0.25, 0.3) is 0 Å². The van der Waals surface area contributed by atoms with Crippen LogP contribution >= 0.6 is 0 Å². The Kier molecular flexibility index (Phi) is 7.01. The molecule has 4 aromatic carbocycles. The molecular weight excluding hydrogens is 410 g/mol. The van der Waals surface area contributed by atoms with Gasteiger partial charge in [-0.25, -0.2) is 0 Å². The highest BCUT2D eigenvalue weighted by molar-refractivity contribution is 5.71. The molecule has 4 aromatic rings. The van der Waals surface area contributed by atoms with E-state index in [1.54, 1.807) is 0 Å². The Labute approximate surface area is 203 Å². The van der Waals surface area contributed by atoms with E-state index in [0.717, 1.165) is 25.7 Å². The Balaban J connectivity index is 1.52. The maximum Gasteiger partial charge on any atom is 0.0464 e. The maximum absolute atomic E-state index is 2.39. The van der Waals surface area contributed by atoms with Crippen LogP contribution in [0.4, 0.5) is 11.4 Å². The van der Waals surface area contributed by atoms with Gasteiger partial charge in [-0.3, -0.25) is 0 Å². The van der Waals surface area contributed by atoms with Gasteiger partial charge in [0.05, 0.1) is 0 Å². The fourth-order valence-electron chi connectivity index (χ4n) is 4.84. The van der Waals surface area contributed by atoms with Crippen LogP contribution < -0.4 is 4.90 Å². The van der Waals surface area contributed by atoms with Crippen molar-refractivity contribution in [3.05, 3.63) is 156 Å². The molecule has 0 amide bonds. The van der Waals surface area contributed by atoms with Crippen LogP contribution in [0.5, 0.6) is 0 Å². The Morgan fingerprint density at radius 2 is 1.26 bits per heavy atom. The summed E-state index contributed by atoms with van der Waals surface area (Å²) in [6.45, 7) is 0. The highest BCUT2D eigenvalue weighted by Gasteiger charge is 2.18. The van der Waals surface area contributed by atoms with Gasteiger partial charge in [0.15, 0.2) is 0 Å². The van der Waals surface area contributed by atoms with Crippen molar-refractivity contribution in [2.45, 2.75) is 31.6 Å². The van der Waals surface area contributed by atoms with E-state index in [9.17, 15) is 0 Å². The lowest BCUT2D eigenvalue weighted by molar-refractivity contribution is 0.715. The van der Waals surface area contributed by atoms with Gasteiger partial charge in [-0.05, 0) is 72.7 Å². The van der Waals surface area contributed by atoms with E-state index >= 15 is 0 Å². The van der Waals surface area contributed by atoms with Gasteiger partial charge >= 0.3 is 0 Å². The van der Waals surface area contributed by atoms with Crippen molar-refractivity contribution < 1.29 is 0 Å². The normalized spacial score (nSPS) is 13.8. The first-order valence-electron chi connectivity index (χ1n) is 12.3. The number of aryl methyl sites for hydroxylation is 1. The largest absolute Gasteiger partial charge is 0.311 e. The number of rotatable bonds is 8. The summed E-state index contributed by atoms with van der Waals surface area (Å²) in [5, 5.41) is 0. The molecule has 0 spiro atoms. The second-order valence-corrected chi connectivity index (χ2v) is 8.86. The van der Waals surface area contributed by atoms with Gasteiger partial charge in [-0.1, -0.05) is 103 Å². The average Bonchev–Trinajstić information content (AvgIpc) is 2.92. The minimum Gasteiger partial charge on any atom is -0.311 e. The van der Waals surface area contributed by atoms with Crippen molar-refractivity contribution in [3.63, 3.8) is 0 Å². The van der Waals surface area contributed by atoms with Crippen LogP contribution in [0.3, 0.4) is 0 Å². The van der Waals surface area contributed by atoms with Gasteiger partial charge in [0.2, 0.25) is 0 Å². The zero-order valence-corrected chi connectivity index (χ0v) is 19.6. The molecule has 1 aliphatic rings. The third kappa shape index (κ3) is 5.21. The van der Waals surface area contributed by atoms with Crippen LogP contribution in [0.2, 0.25) is 0 Å². The van der Waals surface area contributed by atoms with Crippen LogP contribution in [0.25, 0.3) is 0 Å². The molecule has 0 heterocycles. The molecule has 1 unspecified atom stereocenters. The number of hydrogen-bond donors (Lipinski definition) is 0. The quantitative estimate of drug-likeness (QED) is 0.264. The maximum atomic E-state index is 2.39. The third-order valence-corrected chi connectivity index (χ3v) is 6.55. The SMILES string of the molecule is C1=CC(N(c2ccccc2)c2cccc(C(CCc3ccccc3)c3ccccc3)c2)=CCC1.